The Bertz CT molecular complexity index is 709. The van der Waals surface area contributed by atoms with Gasteiger partial charge in [-0.2, -0.15) is 11.8 Å². The van der Waals surface area contributed by atoms with E-state index in [0.29, 0.717) is 16.1 Å². The van der Waals surface area contributed by atoms with Crippen LogP contribution in [-0.2, 0) is 0 Å². The van der Waals surface area contributed by atoms with Crippen molar-refractivity contribution in [3.05, 3.63) is 22.7 Å². The molecule has 1 aliphatic carbocycles. The van der Waals surface area contributed by atoms with Crippen LogP contribution in [0.5, 0.6) is 5.75 Å². The van der Waals surface area contributed by atoms with Crippen LogP contribution in [0.15, 0.2) is 12.1 Å². The number of nitrogens with one attached hydrogen (secondary N) is 1. The SMILES string of the molecule is COc1cc2c(cc1F)[nH]c(=S)n2C1CCCC(SC)C1. The first-order chi connectivity index (χ1) is 10.1. The number of hydrogen-bond donors (Lipinski definition) is 1. The lowest BCUT2D eigenvalue weighted by Crippen LogP contribution is -2.20. The summed E-state index contributed by atoms with van der Waals surface area (Å²) in [7, 11) is 1.49. The molecule has 1 heterocycles. The zero-order chi connectivity index (χ0) is 15.0. The van der Waals surface area contributed by atoms with Crippen molar-refractivity contribution >= 4 is 35.0 Å². The molecule has 1 aromatic carbocycles. The molecule has 0 bridgehead atoms. The van der Waals surface area contributed by atoms with Gasteiger partial charge in [-0.05, 0) is 37.7 Å². The molecule has 21 heavy (non-hydrogen) atoms. The molecule has 2 aromatic rings. The third-order valence-corrected chi connectivity index (χ3v) is 5.68. The second-order valence-electron chi connectivity index (χ2n) is 5.48. The highest BCUT2D eigenvalue weighted by atomic mass is 32.2. The lowest BCUT2D eigenvalue weighted by atomic mass is 9.94. The average molecular weight is 326 g/mol. The highest BCUT2D eigenvalue weighted by molar-refractivity contribution is 7.99. The van der Waals surface area contributed by atoms with Crippen molar-refractivity contribution < 1.29 is 9.13 Å². The minimum Gasteiger partial charge on any atom is -0.494 e. The summed E-state index contributed by atoms with van der Waals surface area (Å²) in [5.41, 5.74) is 1.68. The number of ether oxygens (including phenoxy) is 1. The maximum Gasteiger partial charge on any atom is 0.178 e. The van der Waals surface area contributed by atoms with Gasteiger partial charge in [0.15, 0.2) is 16.3 Å². The van der Waals surface area contributed by atoms with E-state index in [0.717, 1.165) is 23.9 Å². The third-order valence-electron chi connectivity index (χ3n) is 4.29. The normalized spacial score (nSPS) is 22.6. The van der Waals surface area contributed by atoms with Gasteiger partial charge in [0.2, 0.25) is 0 Å². The Hall–Kier alpha value is -1.01. The van der Waals surface area contributed by atoms with E-state index in [1.165, 1.54) is 26.0 Å². The van der Waals surface area contributed by atoms with Gasteiger partial charge in [0.25, 0.3) is 0 Å². The summed E-state index contributed by atoms with van der Waals surface area (Å²) < 4.78 is 21.8. The Morgan fingerprint density at radius 2 is 2.24 bits per heavy atom. The quantitative estimate of drug-likeness (QED) is 0.830. The second kappa shape index (κ2) is 6.01. The predicted octanol–water partition coefficient (Wildman–Crippen LogP) is 4.69. The van der Waals surface area contributed by atoms with E-state index in [4.69, 9.17) is 17.0 Å². The van der Waals surface area contributed by atoms with Gasteiger partial charge in [0.1, 0.15) is 0 Å². The van der Waals surface area contributed by atoms with E-state index in [9.17, 15) is 4.39 Å². The van der Waals surface area contributed by atoms with E-state index in [-0.39, 0.29) is 11.6 Å². The molecular weight excluding hydrogens is 307 g/mol. The van der Waals surface area contributed by atoms with Crippen LogP contribution in [0.2, 0.25) is 0 Å². The highest BCUT2D eigenvalue weighted by Crippen LogP contribution is 2.37. The number of halogens is 1. The molecule has 1 saturated carbocycles. The van der Waals surface area contributed by atoms with Crippen molar-refractivity contribution in [3.8, 4) is 5.75 Å². The minimum atomic E-state index is -0.362. The number of methoxy groups -OCH3 is 1. The Balaban J connectivity index is 2.09. The molecule has 3 rings (SSSR count). The fourth-order valence-corrected chi connectivity index (χ4v) is 4.39. The highest BCUT2D eigenvalue weighted by Gasteiger charge is 2.25. The smallest absolute Gasteiger partial charge is 0.178 e. The van der Waals surface area contributed by atoms with Crippen molar-refractivity contribution in [2.24, 2.45) is 0 Å². The number of hydrogen-bond acceptors (Lipinski definition) is 3. The number of benzene rings is 1. The van der Waals surface area contributed by atoms with Gasteiger partial charge in [-0.15, -0.1) is 0 Å². The Labute approximate surface area is 132 Å². The Kier molecular flexibility index (Phi) is 4.26. The number of rotatable bonds is 3. The van der Waals surface area contributed by atoms with Crippen LogP contribution in [0, 0.1) is 10.6 Å². The zero-order valence-corrected chi connectivity index (χ0v) is 13.8. The van der Waals surface area contributed by atoms with Crippen LogP contribution in [0.3, 0.4) is 0 Å². The number of thioether (sulfide) groups is 1. The van der Waals surface area contributed by atoms with Crippen molar-refractivity contribution in [3.63, 3.8) is 0 Å². The molecule has 1 N–H and O–H groups in total. The first-order valence-electron chi connectivity index (χ1n) is 7.14. The number of nitrogens with zero attached hydrogens (tertiary/aromatic N) is 1. The summed E-state index contributed by atoms with van der Waals surface area (Å²) in [6.45, 7) is 0. The average Bonchev–Trinajstić information content (AvgIpc) is 2.81. The molecule has 2 unspecified atom stereocenters. The summed E-state index contributed by atoms with van der Waals surface area (Å²) >= 11 is 7.39. The molecule has 0 amide bonds. The summed E-state index contributed by atoms with van der Waals surface area (Å²) in [5.74, 6) is -0.0958. The summed E-state index contributed by atoms with van der Waals surface area (Å²) in [6.07, 6.45) is 6.88. The lowest BCUT2D eigenvalue weighted by molar-refractivity contribution is 0.363. The predicted molar refractivity (Wildman–Crippen MR) is 88.4 cm³/mol. The van der Waals surface area contributed by atoms with Gasteiger partial charge >= 0.3 is 0 Å². The molecule has 0 radical (unpaired) electrons. The number of H-pyrrole nitrogens is 1. The number of fused-ring (bicyclic) bond motifs is 1. The maximum absolute atomic E-state index is 13.8. The van der Waals surface area contributed by atoms with Gasteiger partial charge in [0.05, 0.1) is 18.1 Å². The lowest BCUT2D eigenvalue weighted by Gasteiger charge is -2.29. The molecule has 1 fully saturated rings. The van der Waals surface area contributed by atoms with E-state index >= 15 is 0 Å². The molecule has 0 aliphatic heterocycles. The van der Waals surface area contributed by atoms with Gasteiger partial charge < -0.3 is 14.3 Å². The monoisotopic (exact) mass is 326 g/mol. The van der Waals surface area contributed by atoms with Gasteiger partial charge in [-0.1, -0.05) is 6.42 Å². The van der Waals surface area contributed by atoms with E-state index < -0.39 is 0 Å². The van der Waals surface area contributed by atoms with Crippen molar-refractivity contribution in [1.82, 2.24) is 9.55 Å². The van der Waals surface area contributed by atoms with E-state index in [2.05, 4.69) is 15.8 Å². The summed E-state index contributed by atoms with van der Waals surface area (Å²) in [6, 6.07) is 3.60. The zero-order valence-electron chi connectivity index (χ0n) is 12.2. The molecule has 3 nitrogen and oxygen atoms in total. The van der Waals surface area contributed by atoms with E-state index in [1.807, 2.05) is 11.8 Å². The number of aromatic amines is 1. The molecule has 1 aromatic heterocycles. The van der Waals surface area contributed by atoms with Crippen LogP contribution < -0.4 is 4.74 Å². The van der Waals surface area contributed by atoms with Crippen LogP contribution in [0.25, 0.3) is 11.0 Å². The number of imidazole rings is 1. The Morgan fingerprint density at radius 3 is 2.95 bits per heavy atom. The van der Waals surface area contributed by atoms with Gasteiger partial charge in [-0.25, -0.2) is 4.39 Å². The largest absolute Gasteiger partial charge is 0.494 e. The summed E-state index contributed by atoms with van der Waals surface area (Å²) in [5, 5.41) is 0.679. The van der Waals surface area contributed by atoms with Gasteiger partial charge in [0, 0.05) is 23.4 Å². The molecule has 6 heteroatoms. The molecule has 1 aliphatic rings. The number of aromatic nitrogens is 2. The van der Waals surface area contributed by atoms with Gasteiger partial charge in [-0.3, -0.25) is 0 Å². The third kappa shape index (κ3) is 2.71. The first kappa shape index (κ1) is 14.9. The molecule has 2 atom stereocenters. The second-order valence-corrected chi connectivity index (χ2v) is 7.01. The molecule has 0 saturated heterocycles. The van der Waals surface area contributed by atoms with Crippen molar-refractivity contribution in [2.75, 3.05) is 13.4 Å². The van der Waals surface area contributed by atoms with Crippen LogP contribution in [-0.4, -0.2) is 28.2 Å². The van der Waals surface area contributed by atoms with Crippen LogP contribution >= 0.6 is 24.0 Å². The Morgan fingerprint density at radius 1 is 1.43 bits per heavy atom. The van der Waals surface area contributed by atoms with Crippen LogP contribution in [0.1, 0.15) is 31.7 Å². The summed E-state index contributed by atoms with van der Waals surface area (Å²) in [4.78, 5) is 3.12. The molecular formula is C15H19FN2OS2. The first-order valence-corrected chi connectivity index (χ1v) is 8.84. The molecule has 0 spiro atoms. The van der Waals surface area contributed by atoms with Crippen LogP contribution in [0.4, 0.5) is 4.39 Å². The maximum atomic E-state index is 13.8. The van der Waals surface area contributed by atoms with Crippen molar-refractivity contribution in [1.29, 1.82) is 0 Å². The van der Waals surface area contributed by atoms with Crippen molar-refractivity contribution in [2.45, 2.75) is 37.0 Å². The standard InChI is InChI=1S/C15H19FN2OS2/c1-19-14-8-13-12(7-11(14)16)17-15(20)18(13)9-4-3-5-10(6-9)21-2/h7-10H,3-6H2,1-2H3,(H,17,20). The topological polar surface area (TPSA) is 29.9 Å². The minimum absolute atomic E-state index is 0.266. The fourth-order valence-electron chi connectivity index (χ4n) is 3.21. The molecule has 114 valence electrons. The van der Waals surface area contributed by atoms with E-state index in [1.54, 1.807) is 6.07 Å². The fraction of sp³-hybridized carbons (Fsp3) is 0.533.